The van der Waals surface area contributed by atoms with E-state index in [1.807, 2.05) is 29.6 Å². The lowest BCUT2D eigenvalue weighted by molar-refractivity contribution is -0.116. The molecule has 8 heteroatoms. The van der Waals surface area contributed by atoms with Crippen molar-refractivity contribution in [2.24, 2.45) is 0 Å². The van der Waals surface area contributed by atoms with Crippen LogP contribution in [0.3, 0.4) is 0 Å². The molecule has 3 aromatic rings. The van der Waals surface area contributed by atoms with E-state index >= 15 is 0 Å². The summed E-state index contributed by atoms with van der Waals surface area (Å²) in [6, 6.07) is 13.2. The smallest absolute Gasteiger partial charge is 0.341 e. The first-order valence-corrected chi connectivity index (χ1v) is 13.1. The minimum Gasteiger partial charge on any atom is -0.492 e. The Kier molecular flexibility index (Phi) is 9.56. The Bertz CT molecular complexity index is 1140. The molecule has 2 aromatic carbocycles. The van der Waals surface area contributed by atoms with Crippen molar-refractivity contribution < 1.29 is 19.1 Å². The highest BCUT2D eigenvalue weighted by Gasteiger charge is 2.22. The molecule has 0 spiro atoms. The van der Waals surface area contributed by atoms with Gasteiger partial charge in [-0.2, -0.15) is 0 Å². The number of esters is 1. The highest BCUT2D eigenvalue weighted by atomic mass is 79.9. The minimum atomic E-state index is -0.470. The molecule has 1 aromatic heterocycles. The first-order chi connectivity index (χ1) is 16.3. The largest absolute Gasteiger partial charge is 0.492 e. The predicted molar refractivity (Wildman–Crippen MR) is 142 cm³/mol. The van der Waals surface area contributed by atoms with Crippen LogP contribution < -0.4 is 10.1 Å². The van der Waals surface area contributed by atoms with Crippen molar-refractivity contribution in [3.05, 3.63) is 68.5 Å². The van der Waals surface area contributed by atoms with E-state index in [9.17, 15) is 9.59 Å². The normalized spacial score (nSPS) is 10.9. The van der Waals surface area contributed by atoms with Crippen LogP contribution in [0.15, 0.2) is 52.3 Å². The fraction of sp³-hybridized carbons (Fsp3) is 0.308. The van der Waals surface area contributed by atoms with Crippen LogP contribution in [-0.2, 0) is 9.53 Å². The third-order valence-corrected chi connectivity index (χ3v) is 6.87. The van der Waals surface area contributed by atoms with Crippen molar-refractivity contribution in [2.45, 2.75) is 39.5 Å². The van der Waals surface area contributed by atoms with Crippen LogP contribution in [0, 0.1) is 0 Å². The predicted octanol–water partition coefficient (Wildman–Crippen LogP) is 7.93. The van der Waals surface area contributed by atoms with Gasteiger partial charge in [0.25, 0.3) is 0 Å². The van der Waals surface area contributed by atoms with Gasteiger partial charge in [-0.05, 0) is 70.6 Å². The molecule has 1 amide bonds. The summed E-state index contributed by atoms with van der Waals surface area (Å²) in [5.41, 5.74) is 3.11. The van der Waals surface area contributed by atoms with Gasteiger partial charge in [0.1, 0.15) is 16.3 Å². The Labute approximate surface area is 217 Å². The fourth-order valence-corrected chi connectivity index (χ4v) is 4.91. The van der Waals surface area contributed by atoms with Crippen LogP contribution in [0.2, 0.25) is 5.02 Å². The third kappa shape index (κ3) is 6.84. The van der Waals surface area contributed by atoms with Crippen molar-refractivity contribution in [3.8, 4) is 16.9 Å². The molecular weight excluding hydrogens is 538 g/mol. The number of rotatable bonds is 10. The standard InChI is InChI=1S/C26H27BrClNO4S/c1-4-32-26(31)24-20(17-7-10-19(28)11-8-17)15-34-25(24)29-23(30)6-5-13-33-22-12-9-18(16(2)3)14-21(22)27/h7-12,14-16H,4-6,13H2,1-3H3,(H,29,30). The summed E-state index contributed by atoms with van der Waals surface area (Å²) in [6.45, 7) is 6.67. The summed E-state index contributed by atoms with van der Waals surface area (Å²) < 4.78 is 12.0. The van der Waals surface area contributed by atoms with E-state index in [-0.39, 0.29) is 18.9 Å². The van der Waals surface area contributed by atoms with Gasteiger partial charge in [0.05, 0.1) is 17.7 Å². The van der Waals surface area contributed by atoms with E-state index < -0.39 is 5.97 Å². The number of thiophene rings is 1. The van der Waals surface area contributed by atoms with Crippen LogP contribution in [0.4, 0.5) is 5.00 Å². The zero-order valence-corrected chi connectivity index (χ0v) is 22.5. The zero-order chi connectivity index (χ0) is 24.7. The lowest BCUT2D eigenvalue weighted by Gasteiger charge is -2.12. The Hall–Kier alpha value is -2.35. The second kappa shape index (κ2) is 12.4. The molecule has 0 aliphatic rings. The highest BCUT2D eigenvalue weighted by molar-refractivity contribution is 9.10. The molecule has 0 aliphatic carbocycles. The SMILES string of the molecule is CCOC(=O)c1c(-c2ccc(Cl)cc2)csc1NC(=O)CCCOc1ccc(C(C)C)cc1Br. The van der Waals surface area contributed by atoms with Crippen LogP contribution in [-0.4, -0.2) is 25.1 Å². The second-order valence-electron chi connectivity index (χ2n) is 7.93. The molecule has 0 radical (unpaired) electrons. The summed E-state index contributed by atoms with van der Waals surface area (Å²) in [7, 11) is 0. The van der Waals surface area contributed by atoms with Crippen molar-refractivity contribution in [2.75, 3.05) is 18.5 Å². The second-order valence-corrected chi connectivity index (χ2v) is 10.1. The van der Waals surface area contributed by atoms with Gasteiger partial charge in [-0.25, -0.2) is 4.79 Å². The van der Waals surface area contributed by atoms with Gasteiger partial charge in [-0.1, -0.05) is 43.6 Å². The summed E-state index contributed by atoms with van der Waals surface area (Å²) in [4.78, 5) is 25.3. The Morgan fingerprint density at radius 3 is 2.53 bits per heavy atom. The molecule has 34 heavy (non-hydrogen) atoms. The molecule has 0 unspecified atom stereocenters. The molecule has 0 atom stereocenters. The van der Waals surface area contributed by atoms with Gasteiger partial charge in [0, 0.05) is 22.4 Å². The Morgan fingerprint density at radius 2 is 1.88 bits per heavy atom. The van der Waals surface area contributed by atoms with Gasteiger partial charge in [0.15, 0.2) is 0 Å². The van der Waals surface area contributed by atoms with Crippen LogP contribution >= 0.6 is 38.9 Å². The molecule has 180 valence electrons. The molecule has 1 heterocycles. The van der Waals surface area contributed by atoms with E-state index in [1.165, 1.54) is 16.9 Å². The number of amides is 1. The van der Waals surface area contributed by atoms with E-state index in [2.05, 4.69) is 41.2 Å². The van der Waals surface area contributed by atoms with Gasteiger partial charge in [-0.3, -0.25) is 4.79 Å². The maximum absolute atomic E-state index is 12.7. The first kappa shape index (κ1) is 26.3. The molecule has 1 N–H and O–H groups in total. The number of hydrogen-bond acceptors (Lipinski definition) is 5. The van der Waals surface area contributed by atoms with Crippen LogP contribution in [0.1, 0.15) is 55.5 Å². The van der Waals surface area contributed by atoms with Gasteiger partial charge in [-0.15, -0.1) is 11.3 Å². The van der Waals surface area contributed by atoms with Crippen LogP contribution in [0.25, 0.3) is 11.1 Å². The molecule has 0 fully saturated rings. The Balaban J connectivity index is 1.62. The lowest BCUT2D eigenvalue weighted by atomic mass is 10.0. The molecule has 5 nitrogen and oxygen atoms in total. The van der Waals surface area contributed by atoms with Crippen molar-refractivity contribution in [1.82, 2.24) is 0 Å². The number of carbonyl (C=O) groups is 2. The van der Waals surface area contributed by atoms with E-state index in [4.69, 9.17) is 21.1 Å². The van der Waals surface area contributed by atoms with E-state index in [1.54, 1.807) is 19.1 Å². The maximum atomic E-state index is 12.7. The topological polar surface area (TPSA) is 64.6 Å². The number of nitrogens with one attached hydrogen (secondary N) is 1. The Morgan fingerprint density at radius 1 is 1.15 bits per heavy atom. The summed E-state index contributed by atoms with van der Waals surface area (Å²) in [6.07, 6.45) is 0.798. The molecule has 0 bridgehead atoms. The first-order valence-electron chi connectivity index (χ1n) is 11.1. The molecule has 0 saturated carbocycles. The average Bonchev–Trinajstić information content (AvgIpc) is 3.21. The number of halogens is 2. The number of carbonyl (C=O) groups excluding carboxylic acids is 2. The van der Waals surface area contributed by atoms with Gasteiger partial charge < -0.3 is 14.8 Å². The summed E-state index contributed by atoms with van der Waals surface area (Å²) in [5, 5.41) is 5.79. The van der Waals surface area contributed by atoms with E-state index in [0.717, 1.165) is 15.8 Å². The number of hydrogen-bond donors (Lipinski definition) is 1. The molecule has 0 aliphatic heterocycles. The zero-order valence-electron chi connectivity index (χ0n) is 19.3. The van der Waals surface area contributed by atoms with Gasteiger partial charge in [0.2, 0.25) is 5.91 Å². The fourth-order valence-electron chi connectivity index (χ4n) is 3.29. The van der Waals surface area contributed by atoms with Gasteiger partial charge >= 0.3 is 5.97 Å². The van der Waals surface area contributed by atoms with Crippen molar-refractivity contribution >= 4 is 55.7 Å². The quantitative estimate of drug-likeness (QED) is 0.201. The molecule has 0 saturated heterocycles. The highest BCUT2D eigenvalue weighted by Crippen LogP contribution is 2.37. The minimum absolute atomic E-state index is 0.187. The molecular formula is C26H27BrClNO4S. The number of ether oxygens (including phenoxy) is 2. The maximum Gasteiger partial charge on any atom is 0.341 e. The third-order valence-electron chi connectivity index (χ3n) is 5.11. The van der Waals surface area contributed by atoms with Crippen LogP contribution in [0.5, 0.6) is 5.75 Å². The molecule has 3 rings (SSSR count). The van der Waals surface area contributed by atoms with Crippen molar-refractivity contribution in [1.29, 1.82) is 0 Å². The average molecular weight is 565 g/mol. The van der Waals surface area contributed by atoms with Crippen molar-refractivity contribution in [3.63, 3.8) is 0 Å². The van der Waals surface area contributed by atoms with E-state index in [0.29, 0.717) is 40.1 Å². The summed E-state index contributed by atoms with van der Waals surface area (Å²) in [5.74, 6) is 0.529. The summed E-state index contributed by atoms with van der Waals surface area (Å²) >= 11 is 10.8. The number of benzene rings is 2. The lowest BCUT2D eigenvalue weighted by Crippen LogP contribution is -2.15. The monoisotopic (exact) mass is 563 g/mol. The number of anilines is 1.